The summed E-state index contributed by atoms with van der Waals surface area (Å²) in [7, 11) is 0. The summed E-state index contributed by atoms with van der Waals surface area (Å²) < 4.78 is 0. The second kappa shape index (κ2) is 7.27. The summed E-state index contributed by atoms with van der Waals surface area (Å²) in [4.78, 5) is 15.7. The molecule has 0 spiro atoms. The van der Waals surface area contributed by atoms with Gasteiger partial charge in [-0.1, -0.05) is 17.7 Å². The molecule has 3 aromatic rings. The third-order valence-corrected chi connectivity index (χ3v) is 4.05. The van der Waals surface area contributed by atoms with Crippen LogP contribution in [-0.4, -0.2) is 21.0 Å². The second-order valence-electron chi connectivity index (χ2n) is 5.46. The molecule has 126 valence electrons. The van der Waals surface area contributed by atoms with Gasteiger partial charge in [0.1, 0.15) is 0 Å². The summed E-state index contributed by atoms with van der Waals surface area (Å²) in [6.45, 7) is 3.45. The highest BCUT2D eigenvalue weighted by atomic mass is 35.5. The molecule has 0 aliphatic carbocycles. The van der Waals surface area contributed by atoms with Crippen molar-refractivity contribution in [2.45, 2.75) is 13.8 Å². The average Bonchev–Trinajstić information content (AvgIpc) is 2.60. The lowest BCUT2D eigenvalue weighted by Gasteiger charge is -2.10. The smallest absolute Gasteiger partial charge is 0.249 e. The number of anilines is 4. The molecule has 2 N–H and O–H groups in total. The molecule has 0 aliphatic rings. The Morgan fingerprint density at radius 2 is 1.84 bits per heavy atom. The van der Waals surface area contributed by atoms with Crippen LogP contribution in [0, 0.1) is 6.92 Å². The number of aromatic nitrogens is 3. The van der Waals surface area contributed by atoms with Gasteiger partial charge in [-0.25, -0.2) is 0 Å². The highest BCUT2D eigenvalue weighted by Crippen LogP contribution is 2.25. The van der Waals surface area contributed by atoms with E-state index < -0.39 is 0 Å². The van der Waals surface area contributed by atoms with E-state index in [1.165, 1.54) is 13.1 Å². The van der Waals surface area contributed by atoms with Gasteiger partial charge >= 0.3 is 0 Å². The van der Waals surface area contributed by atoms with E-state index >= 15 is 0 Å². The van der Waals surface area contributed by atoms with Crippen molar-refractivity contribution in [2.24, 2.45) is 0 Å². The van der Waals surface area contributed by atoms with E-state index in [0.717, 1.165) is 16.9 Å². The molecular weight excluding hydrogens is 338 g/mol. The van der Waals surface area contributed by atoms with Crippen molar-refractivity contribution in [2.75, 3.05) is 10.6 Å². The van der Waals surface area contributed by atoms with Crippen LogP contribution in [0.2, 0.25) is 5.02 Å². The molecule has 1 heterocycles. The normalized spacial score (nSPS) is 10.4. The Bertz CT molecular complexity index is 912. The van der Waals surface area contributed by atoms with Crippen LogP contribution in [-0.2, 0) is 0 Å². The van der Waals surface area contributed by atoms with E-state index in [1.54, 1.807) is 12.1 Å². The Morgan fingerprint density at radius 1 is 1.08 bits per heavy atom. The van der Waals surface area contributed by atoms with Gasteiger partial charge in [-0.05, 0) is 55.8 Å². The number of ketones is 1. The first-order valence-corrected chi connectivity index (χ1v) is 8.00. The molecule has 1 aromatic heterocycles. The van der Waals surface area contributed by atoms with Gasteiger partial charge in [0, 0.05) is 22.0 Å². The van der Waals surface area contributed by atoms with Crippen molar-refractivity contribution in [3.63, 3.8) is 0 Å². The van der Waals surface area contributed by atoms with Crippen LogP contribution in [0.25, 0.3) is 0 Å². The number of nitrogens with one attached hydrogen (secondary N) is 2. The number of hydrogen-bond acceptors (Lipinski definition) is 6. The maximum Gasteiger partial charge on any atom is 0.249 e. The zero-order valence-corrected chi connectivity index (χ0v) is 14.5. The molecule has 25 heavy (non-hydrogen) atoms. The minimum atomic E-state index is 0.0265. The van der Waals surface area contributed by atoms with Gasteiger partial charge < -0.3 is 10.6 Å². The summed E-state index contributed by atoms with van der Waals surface area (Å²) in [5.41, 5.74) is 3.18. The Labute approximate surface area is 150 Å². The van der Waals surface area contributed by atoms with Crippen molar-refractivity contribution < 1.29 is 4.79 Å². The zero-order valence-electron chi connectivity index (χ0n) is 13.7. The molecule has 2 aromatic carbocycles. The number of Topliss-reactive ketones (excluding diaryl/α,β-unsaturated/α-hetero) is 1. The summed E-state index contributed by atoms with van der Waals surface area (Å²) >= 11 is 6.12. The zero-order chi connectivity index (χ0) is 17.8. The maximum atomic E-state index is 11.3. The number of rotatable bonds is 5. The molecular formula is C18H16ClN5O. The summed E-state index contributed by atoms with van der Waals surface area (Å²) in [5.74, 6) is 0.919. The molecule has 0 fully saturated rings. The van der Waals surface area contributed by atoms with E-state index in [0.29, 0.717) is 22.4 Å². The SMILES string of the molecule is CC(=O)c1ccc(Nc2cnnc(Nc3cccc(Cl)c3C)n2)cc1. The number of nitrogens with zero attached hydrogens (tertiary/aromatic N) is 3. The number of hydrogen-bond donors (Lipinski definition) is 2. The fourth-order valence-corrected chi connectivity index (χ4v) is 2.39. The molecule has 0 aliphatic heterocycles. The Hall–Kier alpha value is -2.99. The van der Waals surface area contributed by atoms with Gasteiger partial charge in [-0.15, -0.1) is 5.10 Å². The standard InChI is InChI=1S/C18H16ClN5O/c1-11-15(19)4-3-5-16(11)22-18-23-17(10-20-24-18)21-14-8-6-13(7-9-14)12(2)25/h3-10H,1-2H3,(H2,21,22,23,24). The number of benzene rings is 2. The van der Waals surface area contributed by atoms with E-state index in [4.69, 9.17) is 11.6 Å². The highest BCUT2D eigenvalue weighted by Gasteiger charge is 2.06. The summed E-state index contributed by atoms with van der Waals surface area (Å²) in [6.07, 6.45) is 1.52. The van der Waals surface area contributed by atoms with Gasteiger partial charge in [0.2, 0.25) is 5.95 Å². The lowest BCUT2D eigenvalue weighted by Crippen LogP contribution is -2.03. The van der Waals surface area contributed by atoms with Crippen molar-refractivity contribution in [3.05, 3.63) is 64.8 Å². The largest absolute Gasteiger partial charge is 0.339 e. The molecule has 3 rings (SSSR count). The van der Waals surface area contributed by atoms with Gasteiger partial charge in [0.15, 0.2) is 11.6 Å². The fraction of sp³-hybridized carbons (Fsp3) is 0.111. The van der Waals surface area contributed by atoms with Crippen molar-refractivity contribution in [1.82, 2.24) is 15.2 Å². The molecule has 6 nitrogen and oxygen atoms in total. The van der Waals surface area contributed by atoms with E-state index in [1.807, 2.05) is 37.3 Å². The van der Waals surface area contributed by atoms with Crippen molar-refractivity contribution >= 4 is 40.5 Å². The monoisotopic (exact) mass is 353 g/mol. The van der Waals surface area contributed by atoms with Crippen LogP contribution < -0.4 is 10.6 Å². The quantitative estimate of drug-likeness (QED) is 0.656. The van der Waals surface area contributed by atoms with Crippen LogP contribution >= 0.6 is 11.6 Å². The van der Waals surface area contributed by atoms with Gasteiger partial charge in [0.25, 0.3) is 0 Å². The Balaban J connectivity index is 1.77. The molecule has 0 saturated carbocycles. The number of carbonyl (C=O) groups excluding carboxylic acids is 1. The summed E-state index contributed by atoms with van der Waals surface area (Å²) in [5, 5.41) is 14.8. The molecule has 0 atom stereocenters. The lowest BCUT2D eigenvalue weighted by atomic mass is 10.1. The van der Waals surface area contributed by atoms with Gasteiger partial charge in [-0.3, -0.25) is 4.79 Å². The molecule has 0 unspecified atom stereocenters. The molecule has 0 saturated heterocycles. The van der Waals surface area contributed by atoms with Crippen molar-refractivity contribution in [3.8, 4) is 0 Å². The van der Waals surface area contributed by atoms with E-state index in [-0.39, 0.29) is 5.78 Å². The second-order valence-corrected chi connectivity index (χ2v) is 5.87. The van der Waals surface area contributed by atoms with Gasteiger partial charge in [0.05, 0.1) is 6.20 Å². The first-order chi connectivity index (χ1) is 12.0. The summed E-state index contributed by atoms with van der Waals surface area (Å²) in [6, 6.07) is 12.7. The van der Waals surface area contributed by atoms with Crippen LogP contribution in [0.1, 0.15) is 22.8 Å². The predicted molar refractivity (Wildman–Crippen MR) is 99.0 cm³/mol. The van der Waals surface area contributed by atoms with E-state index in [9.17, 15) is 4.79 Å². The van der Waals surface area contributed by atoms with Crippen LogP contribution in [0.5, 0.6) is 0 Å². The van der Waals surface area contributed by atoms with E-state index in [2.05, 4.69) is 25.8 Å². The van der Waals surface area contributed by atoms with Crippen LogP contribution in [0.3, 0.4) is 0 Å². The highest BCUT2D eigenvalue weighted by molar-refractivity contribution is 6.31. The van der Waals surface area contributed by atoms with Crippen LogP contribution in [0.4, 0.5) is 23.1 Å². The predicted octanol–water partition coefficient (Wildman–Crippen LogP) is 4.52. The van der Waals surface area contributed by atoms with Crippen molar-refractivity contribution in [1.29, 1.82) is 0 Å². The third-order valence-electron chi connectivity index (χ3n) is 3.64. The Morgan fingerprint density at radius 3 is 2.56 bits per heavy atom. The average molecular weight is 354 g/mol. The minimum absolute atomic E-state index is 0.0265. The molecule has 0 amide bonds. The first-order valence-electron chi connectivity index (χ1n) is 7.63. The maximum absolute atomic E-state index is 11.3. The third kappa shape index (κ3) is 4.10. The molecule has 0 bridgehead atoms. The van der Waals surface area contributed by atoms with Crippen LogP contribution in [0.15, 0.2) is 48.7 Å². The molecule has 0 radical (unpaired) electrons. The van der Waals surface area contributed by atoms with Gasteiger partial charge in [-0.2, -0.15) is 10.1 Å². The molecule has 7 heteroatoms. The number of carbonyl (C=O) groups is 1. The number of halogens is 1. The topological polar surface area (TPSA) is 79.8 Å². The minimum Gasteiger partial charge on any atom is -0.339 e. The Kier molecular flexibility index (Phi) is 4.90. The fourth-order valence-electron chi connectivity index (χ4n) is 2.22. The lowest BCUT2D eigenvalue weighted by molar-refractivity contribution is 0.101. The first kappa shape index (κ1) is 16.9.